The molecule has 0 unspecified atom stereocenters. The van der Waals surface area contributed by atoms with E-state index in [9.17, 15) is 18.0 Å². The molecule has 32 heavy (non-hydrogen) atoms. The van der Waals surface area contributed by atoms with Gasteiger partial charge < -0.3 is 14.3 Å². The number of H-pyrrole nitrogens is 1. The number of nitrogens with one attached hydrogen (secondary N) is 1. The number of carbonyl (C=O) groups excluding carboxylic acids is 1. The van der Waals surface area contributed by atoms with E-state index in [-0.39, 0.29) is 23.0 Å². The van der Waals surface area contributed by atoms with Crippen LogP contribution in [0.2, 0.25) is 5.15 Å². The van der Waals surface area contributed by atoms with E-state index in [4.69, 9.17) is 16.0 Å². The number of rotatable bonds is 3. The molecule has 0 bridgehead atoms. The lowest BCUT2D eigenvalue weighted by Crippen LogP contribution is -2.35. The summed E-state index contributed by atoms with van der Waals surface area (Å²) in [6.45, 7) is 0.632. The average Bonchev–Trinajstić information content (AvgIpc) is 3.54. The molecular weight excluding hydrogens is 447 g/mol. The number of furan rings is 1. The molecule has 7 nitrogen and oxygen atoms in total. The SMILES string of the molecule is O=C(c1nc2c(C(F)(F)F)cc(-c3ccoc3)cn2c1Cl)N1CC=C(c2ncc[nH]2)CC1. The molecule has 11 heteroatoms. The molecule has 0 radical (unpaired) electrons. The monoisotopic (exact) mass is 461 g/mol. The Morgan fingerprint density at radius 2 is 2.12 bits per heavy atom. The molecule has 4 aromatic rings. The van der Waals surface area contributed by atoms with E-state index in [2.05, 4.69) is 15.0 Å². The lowest BCUT2D eigenvalue weighted by molar-refractivity contribution is -0.136. The minimum Gasteiger partial charge on any atom is -0.472 e. The second kappa shape index (κ2) is 7.56. The van der Waals surface area contributed by atoms with Crippen LogP contribution in [0.1, 0.15) is 28.3 Å². The smallest absolute Gasteiger partial charge is 0.420 e. The topological polar surface area (TPSA) is 79.4 Å². The number of aromatic amines is 1. The van der Waals surface area contributed by atoms with E-state index in [1.54, 1.807) is 12.4 Å². The zero-order valence-corrected chi connectivity index (χ0v) is 17.1. The minimum atomic E-state index is -4.69. The molecule has 1 aliphatic heterocycles. The van der Waals surface area contributed by atoms with Crippen LogP contribution >= 0.6 is 11.6 Å². The first-order chi connectivity index (χ1) is 15.3. The van der Waals surface area contributed by atoms with Crippen LogP contribution in [0.5, 0.6) is 0 Å². The molecule has 1 aliphatic rings. The molecule has 1 N–H and O–H groups in total. The highest BCUT2D eigenvalue weighted by atomic mass is 35.5. The first-order valence-electron chi connectivity index (χ1n) is 9.62. The molecule has 0 aromatic carbocycles. The third-order valence-electron chi connectivity index (χ3n) is 5.32. The summed E-state index contributed by atoms with van der Waals surface area (Å²) in [5.41, 5.74) is 0.000807. The molecule has 0 aliphatic carbocycles. The van der Waals surface area contributed by atoms with Gasteiger partial charge in [0.25, 0.3) is 5.91 Å². The highest BCUT2D eigenvalue weighted by molar-refractivity contribution is 6.33. The number of aromatic nitrogens is 4. The van der Waals surface area contributed by atoms with Gasteiger partial charge in [-0.15, -0.1) is 0 Å². The Balaban J connectivity index is 1.54. The maximum absolute atomic E-state index is 13.8. The molecule has 0 saturated heterocycles. The van der Waals surface area contributed by atoms with Crippen LogP contribution in [0.3, 0.4) is 0 Å². The molecule has 1 amide bonds. The van der Waals surface area contributed by atoms with Gasteiger partial charge in [0, 0.05) is 42.8 Å². The zero-order chi connectivity index (χ0) is 22.5. The third-order valence-corrected chi connectivity index (χ3v) is 5.68. The maximum Gasteiger partial charge on any atom is 0.420 e. The number of imidazole rings is 2. The van der Waals surface area contributed by atoms with Gasteiger partial charge in [-0.25, -0.2) is 9.97 Å². The van der Waals surface area contributed by atoms with Crippen LogP contribution in [-0.4, -0.2) is 43.2 Å². The van der Waals surface area contributed by atoms with Crippen LogP contribution in [0, 0.1) is 0 Å². The summed E-state index contributed by atoms with van der Waals surface area (Å²) in [6.07, 6.45) is 5.15. The number of fused-ring (bicyclic) bond motifs is 1. The van der Waals surface area contributed by atoms with Crippen LogP contribution in [0.4, 0.5) is 13.2 Å². The summed E-state index contributed by atoms with van der Waals surface area (Å²) in [5, 5.41) is -0.179. The molecule has 164 valence electrons. The van der Waals surface area contributed by atoms with E-state index >= 15 is 0 Å². The number of hydrogen-bond donors (Lipinski definition) is 1. The second-order valence-electron chi connectivity index (χ2n) is 7.27. The van der Waals surface area contributed by atoms with Crippen LogP contribution < -0.4 is 0 Å². The number of halogens is 4. The summed E-state index contributed by atoms with van der Waals surface area (Å²) >= 11 is 6.37. The minimum absolute atomic E-state index is 0.179. The normalized spacial score (nSPS) is 14.8. The van der Waals surface area contributed by atoms with Crippen molar-refractivity contribution in [2.75, 3.05) is 13.1 Å². The van der Waals surface area contributed by atoms with Gasteiger partial charge in [0.15, 0.2) is 11.3 Å². The van der Waals surface area contributed by atoms with E-state index in [1.165, 1.54) is 29.7 Å². The van der Waals surface area contributed by atoms with Gasteiger partial charge in [0.2, 0.25) is 0 Å². The molecule has 0 atom stereocenters. The lowest BCUT2D eigenvalue weighted by Gasteiger charge is -2.25. The molecule has 0 fully saturated rings. The van der Waals surface area contributed by atoms with Crippen molar-refractivity contribution in [1.82, 2.24) is 24.3 Å². The van der Waals surface area contributed by atoms with Crippen molar-refractivity contribution in [3.63, 3.8) is 0 Å². The van der Waals surface area contributed by atoms with Gasteiger partial charge in [0.05, 0.1) is 18.1 Å². The Labute approximate surface area is 184 Å². The van der Waals surface area contributed by atoms with Gasteiger partial charge in [-0.1, -0.05) is 17.7 Å². The van der Waals surface area contributed by atoms with Crippen molar-refractivity contribution in [1.29, 1.82) is 0 Å². The van der Waals surface area contributed by atoms with E-state index in [1.807, 2.05) is 6.08 Å². The number of hydrogen-bond acceptors (Lipinski definition) is 4. The van der Waals surface area contributed by atoms with Crippen LogP contribution in [0.25, 0.3) is 22.3 Å². The van der Waals surface area contributed by atoms with E-state index < -0.39 is 23.3 Å². The number of amides is 1. The number of alkyl halides is 3. The lowest BCUT2D eigenvalue weighted by atomic mass is 10.1. The van der Waals surface area contributed by atoms with Crippen molar-refractivity contribution >= 4 is 28.7 Å². The summed E-state index contributed by atoms with van der Waals surface area (Å²) in [7, 11) is 0. The van der Waals surface area contributed by atoms with Crippen LogP contribution in [0.15, 0.2) is 53.7 Å². The zero-order valence-electron chi connectivity index (χ0n) is 16.4. The fourth-order valence-electron chi connectivity index (χ4n) is 3.71. The Hall–Kier alpha value is -3.53. The molecule has 0 spiro atoms. The van der Waals surface area contributed by atoms with Crippen molar-refractivity contribution in [3.8, 4) is 11.1 Å². The molecule has 5 heterocycles. The average molecular weight is 462 g/mol. The third kappa shape index (κ3) is 3.46. The number of nitrogens with zero attached hydrogens (tertiary/aromatic N) is 4. The summed E-state index contributed by atoms with van der Waals surface area (Å²) in [6, 6.07) is 2.51. The van der Waals surface area contributed by atoms with Crippen molar-refractivity contribution in [2.45, 2.75) is 12.6 Å². The summed E-state index contributed by atoms with van der Waals surface area (Å²) < 4.78 is 47.4. The van der Waals surface area contributed by atoms with Gasteiger partial charge in [0.1, 0.15) is 11.0 Å². The first-order valence-corrected chi connectivity index (χ1v) is 10.00. The molecule has 0 saturated carbocycles. The predicted molar refractivity (Wildman–Crippen MR) is 110 cm³/mol. The second-order valence-corrected chi connectivity index (χ2v) is 7.62. The fraction of sp³-hybridized carbons (Fsp3) is 0.190. The van der Waals surface area contributed by atoms with E-state index in [0.29, 0.717) is 18.5 Å². The Morgan fingerprint density at radius 1 is 1.28 bits per heavy atom. The van der Waals surface area contributed by atoms with E-state index in [0.717, 1.165) is 21.9 Å². The quantitative estimate of drug-likeness (QED) is 0.469. The maximum atomic E-state index is 13.8. The van der Waals surface area contributed by atoms with Crippen LogP contribution in [-0.2, 0) is 6.18 Å². The van der Waals surface area contributed by atoms with Crippen molar-refractivity contribution < 1.29 is 22.4 Å². The first kappa shape index (κ1) is 20.4. The van der Waals surface area contributed by atoms with Gasteiger partial charge >= 0.3 is 6.18 Å². The fourth-order valence-corrected chi connectivity index (χ4v) is 3.96. The van der Waals surface area contributed by atoms with Crippen molar-refractivity contribution in [3.05, 3.63) is 71.6 Å². The van der Waals surface area contributed by atoms with Gasteiger partial charge in [-0.05, 0) is 24.1 Å². The largest absolute Gasteiger partial charge is 0.472 e. The van der Waals surface area contributed by atoms with Crippen molar-refractivity contribution in [2.24, 2.45) is 0 Å². The molecular formula is C21H15ClF3N5O2. The highest BCUT2D eigenvalue weighted by Gasteiger charge is 2.36. The Kier molecular flexibility index (Phi) is 4.81. The number of carbonyl (C=O) groups is 1. The Morgan fingerprint density at radius 3 is 2.75 bits per heavy atom. The summed E-state index contributed by atoms with van der Waals surface area (Å²) in [4.78, 5) is 25.8. The molecule has 5 rings (SSSR count). The van der Waals surface area contributed by atoms with Gasteiger partial charge in [-0.3, -0.25) is 9.20 Å². The summed E-state index contributed by atoms with van der Waals surface area (Å²) in [5.74, 6) is 0.191. The standard InChI is InChI=1S/C21H15ClF3N5O2/c22-17-16(20(31)29-6-1-12(2-7-29)18-26-4-5-27-18)28-19-15(21(23,24)25)9-14(10-30(17)19)13-3-8-32-11-13/h1,3-5,8-11H,2,6-7H2,(H,26,27). The predicted octanol–water partition coefficient (Wildman–Crippen LogP) is 4.92. The number of pyridine rings is 1. The highest BCUT2D eigenvalue weighted by Crippen LogP contribution is 2.37. The Bertz CT molecular complexity index is 1320. The van der Waals surface area contributed by atoms with Gasteiger partial charge in [-0.2, -0.15) is 13.2 Å². The molecule has 4 aromatic heterocycles.